The van der Waals surface area contributed by atoms with Crippen LogP contribution in [0.1, 0.15) is 25.7 Å². The minimum absolute atomic E-state index is 0.337. The van der Waals surface area contributed by atoms with E-state index in [-0.39, 0.29) is 0 Å². The van der Waals surface area contributed by atoms with Crippen molar-refractivity contribution in [3.05, 3.63) is 37.1 Å². The second kappa shape index (κ2) is 5.40. The van der Waals surface area contributed by atoms with Crippen molar-refractivity contribution in [2.45, 2.75) is 37.8 Å². The molecule has 2 heterocycles. The van der Waals surface area contributed by atoms with Gasteiger partial charge in [-0.3, -0.25) is 4.57 Å². The molecule has 5 nitrogen and oxygen atoms in total. The number of pyridine rings is 1. The number of anilines is 1. The highest BCUT2D eigenvalue weighted by Gasteiger charge is 2.18. The van der Waals surface area contributed by atoms with E-state index in [1.165, 1.54) is 12.8 Å². The Morgan fingerprint density at radius 3 is 2.95 bits per heavy atom. The minimum atomic E-state index is 0.337. The lowest BCUT2D eigenvalue weighted by Gasteiger charge is -2.28. The van der Waals surface area contributed by atoms with Crippen molar-refractivity contribution in [1.82, 2.24) is 14.5 Å². The van der Waals surface area contributed by atoms with Gasteiger partial charge < -0.3 is 11.1 Å². The van der Waals surface area contributed by atoms with E-state index in [2.05, 4.69) is 21.4 Å². The second-order valence-corrected chi connectivity index (χ2v) is 5.14. The lowest BCUT2D eigenvalue weighted by molar-refractivity contribution is 0.409. The minimum Gasteiger partial charge on any atom is -0.381 e. The third-order valence-corrected chi connectivity index (χ3v) is 3.60. The topological polar surface area (TPSA) is 68.8 Å². The van der Waals surface area contributed by atoms with Gasteiger partial charge >= 0.3 is 0 Å². The molecule has 100 valence electrons. The van der Waals surface area contributed by atoms with Crippen LogP contribution in [-0.4, -0.2) is 26.6 Å². The molecule has 1 aliphatic carbocycles. The largest absolute Gasteiger partial charge is 0.381 e. The maximum atomic E-state index is 6.00. The molecule has 0 aliphatic heterocycles. The van der Waals surface area contributed by atoms with Crippen LogP contribution in [0.4, 0.5) is 5.69 Å². The van der Waals surface area contributed by atoms with Crippen LogP contribution in [0, 0.1) is 0 Å². The van der Waals surface area contributed by atoms with Crippen LogP contribution in [-0.2, 0) is 0 Å². The van der Waals surface area contributed by atoms with Gasteiger partial charge in [-0.25, -0.2) is 9.97 Å². The van der Waals surface area contributed by atoms with E-state index in [1.54, 1.807) is 12.5 Å². The Balaban J connectivity index is 1.66. The van der Waals surface area contributed by atoms with Gasteiger partial charge in [-0.05, 0) is 37.8 Å². The predicted molar refractivity (Wildman–Crippen MR) is 75.2 cm³/mol. The number of hydrogen-bond donors (Lipinski definition) is 2. The third-order valence-electron chi connectivity index (χ3n) is 3.60. The molecule has 1 aliphatic rings. The Bertz CT molecular complexity index is 505. The van der Waals surface area contributed by atoms with Crippen LogP contribution in [0.15, 0.2) is 37.1 Å². The number of hydrogen-bond acceptors (Lipinski definition) is 4. The molecule has 2 atom stereocenters. The zero-order valence-electron chi connectivity index (χ0n) is 10.9. The first-order valence-corrected chi connectivity index (χ1v) is 6.78. The molecule has 0 saturated heterocycles. The molecule has 3 rings (SSSR count). The molecule has 0 radical (unpaired) electrons. The molecule has 0 bridgehead atoms. The van der Waals surface area contributed by atoms with E-state index in [0.29, 0.717) is 12.1 Å². The molecular formula is C14H19N5. The van der Waals surface area contributed by atoms with Gasteiger partial charge in [0.1, 0.15) is 12.1 Å². The standard InChI is InChI=1S/C14H19N5/c15-11-2-1-3-12(8-11)18-13-4-5-14(17-9-13)19-7-6-16-10-19/h4-7,9-12,18H,1-3,8,15H2. The number of aromatic nitrogens is 3. The van der Waals surface area contributed by atoms with E-state index >= 15 is 0 Å². The van der Waals surface area contributed by atoms with Crippen LogP contribution >= 0.6 is 0 Å². The molecule has 0 amide bonds. The first kappa shape index (κ1) is 12.2. The summed E-state index contributed by atoms with van der Waals surface area (Å²) < 4.78 is 1.89. The van der Waals surface area contributed by atoms with E-state index in [1.807, 2.05) is 23.0 Å². The lowest BCUT2D eigenvalue weighted by Crippen LogP contribution is -2.34. The summed E-state index contributed by atoms with van der Waals surface area (Å²) >= 11 is 0. The Labute approximate surface area is 112 Å². The zero-order valence-corrected chi connectivity index (χ0v) is 10.9. The van der Waals surface area contributed by atoms with Crippen LogP contribution in [0.25, 0.3) is 5.82 Å². The van der Waals surface area contributed by atoms with Crippen molar-refractivity contribution >= 4 is 5.69 Å². The van der Waals surface area contributed by atoms with Crippen molar-refractivity contribution in [3.63, 3.8) is 0 Å². The van der Waals surface area contributed by atoms with E-state index in [0.717, 1.165) is 24.3 Å². The van der Waals surface area contributed by atoms with Crippen LogP contribution in [0.5, 0.6) is 0 Å². The average Bonchev–Trinajstić information content (AvgIpc) is 2.94. The van der Waals surface area contributed by atoms with Crippen LogP contribution < -0.4 is 11.1 Å². The molecule has 5 heteroatoms. The van der Waals surface area contributed by atoms with Crippen LogP contribution in [0.3, 0.4) is 0 Å². The lowest BCUT2D eigenvalue weighted by atomic mass is 9.91. The molecule has 0 aromatic carbocycles. The first-order chi connectivity index (χ1) is 9.31. The van der Waals surface area contributed by atoms with Crippen molar-refractivity contribution in [2.24, 2.45) is 5.73 Å². The Hall–Kier alpha value is -1.88. The molecule has 2 aromatic heterocycles. The summed E-state index contributed by atoms with van der Waals surface area (Å²) in [4.78, 5) is 8.45. The molecule has 0 spiro atoms. The normalized spacial score (nSPS) is 23.2. The summed E-state index contributed by atoms with van der Waals surface area (Å²) in [6.45, 7) is 0. The monoisotopic (exact) mass is 257 g/mol. The summed E-state index contributed by atoms with van der Waals surface area (Å²) in [5.41, 5.74) is 7.06. The zero-order chi connectivity index (χ0) is 13.1. The third kappa shape index (κ3) is 2.93. The Morgan fingerprint density at radius 1 is 1.32 bits per heavy atom. The molecular weight excluding hydrogens is 238 g/mol. The van der Waals surface area contributed by atoms with Gasteiger partial charge in [0, 0.05) is 24.5 Å². The summed E-state index contributed by atoms with van der Waals surface area (Å²) in [5, 5.41) is 3.52. The van der Waals surface area contributed by atoms with Gasteiger partial charge in [0.15, 0.2) is 0 Å². The molecule has 1 fully saturated rings. The highest BCUT2D eigenvalue weighted by atomic mass is 15.1. The van der Waals surface area contributed by atoms with Gasteiger partial charge in [0.2, 0.25) is 0 Å². The Morgan fingerprint density at radius 2 is 2.26 bits per heavy atom. The number of nitrogens with two attached hydrogens (primary N) is 1. The van der Waals surface area contributed by atoms with Gasteiger partial charge in [0.25, 0.3) is 0 Å². The van der Waals surface area contributed by atoms with Gasteiger partial charge in [-0.2, -0.15) is 0 Å². The molecule has 2 aromatic rings. The molecule has 19 heavy (non-hydrogen) atoms. The highest BCUT2D eigenvalue weighted by Crippen LogP contribution is 2.21. The van der Waals surface area contributed by atoms with Crippen LogP contribution in [0.2, 0.25) is 0 Å². The van der Waals surface area contributed by atoms with E-state index < -0.39 is 0 Å². The maximum absolute atomic E-state index is 6.00. The summed E-state index contributed by atoms with van der Waals surface area (Å²) in [6.07, 6.45) is 11.8. The smallest absolute Gasteiger partial charge is 0.137 e. The fourth-order valence-corrected chi connectivity index (χ4v) is 2.61. The summed E-state index contributed by atoms with van der Waals surface area (Å²) in [7, 11) is 0. The SMILES string of the molecule is NC1CCCC(Nc2ccc(-n3ccnc3)nc2)C1. The van der Waals surface area contributed by atoms with Crippen molar-refractivity contribution in [3.8, 4) is 5.82 Å². The van der Waals surface area contributed by atoms with Gasteiger partial charge in [-0.1, -0.05) is 0 Å². The van der Waals surface area contributed by atoms with Gasteiger partial charge in [-0.15, -0.1) is 0 Å². The summed E-state index contributed by atoms with van der Waals surface area (Å²) in [6, 6.07) is 4.86. The fraction of sp³-hybridized carbons (Fsp3) is 0.429. The Kier molecular flexibility index (Phi) is 3.46. The van der Waals surface area contributed by atoms with Crippen molar-refractivity contribution < 1.29 is 0 Å². The van der Waals surface area contributed by atoms with Crippen molar-refractivity contribution in [1.29, 1.82) is 0 Å². The quantitative estimate of drug-likeness (QED) is 0.881. The molecule has 3 N–H and O–H groups in total. The number of nitrogens with one attached hydrogen (secondary N) is 1. The maximum Gasteiger partial charge on any atom is 0.137 e. The predicted octanol–water partition coefficient (Wildman–Crippen LogP) is 1.95. The second-order valence-electron chi connectivity index (χ2n) is 5.14. The number of imidazole rings is 1. The summed E-state index contributed by atoms with van der Waals surface area (Å²) in [5.74, 6) is 0.878. The number of nitrogens with zero attached hydrogens (tertiary/aromatic N) is 3. The van der Waals surface area contributed by atoms with E-state index in [9.17, 15) is 0 Å². The van der Waals surface area contributed by atoms with E-state index in [4.69, 9.17) is 5.73 Å². The average molecular weight is 257 g/mol. The fourth-order valence-electron chi connectivity index (χ4n) is 2.61. The van der Waals surface area contributed by atoms with Crippen molar-refractivity contribution in [2.75, 3.05) is 5.32 Å². The highest BCUT2D eigenvalue weighted by molar-refractivity contribution is 5.44. The molecule has 1 saturated carbocycles. The molecule has 2 unspecified atom stereocenters. The first-order valence-electron chi connectivity index (χ1n) is 6.78. The van der Waals surface area contributed by atoms with Gasteiger partial charge in [0.05, 0.1) is 11.9 Å². The number of rotatable bonds is 3.